The molecule has 368 valence electrons. The molecule has 7 N–H and O–H groups in total. The monoisotopic (exact) mass is 901 g/mol. The molecule has 0 aromatic rings. The molecular weight excluding hydrogens is 813 g/mol. The summed E-state index contributed by atoms with van der Waals surface area (Å²) in [6.45, 7) is 3.55. The second kappa shape index (κ2) is 37.3. The van der Waals surface area contributed by atoms with Gasteiger partial charge in [0.2, 0.25) is 0 Å². The minimum Gasteiger partial charge on any atom is -0.457 e. The Labute approximate surface area is 379 Å². The predicted molar refractivity (Wildman–Crippen MR) is 243 cm³/mol. The van der Waals surface area contributed by atoms with Crippen LogP contribution in [0.2, 0.25) is 0 Å². The predicted octanol–water partition coefficient (Wildman–Crippen LogP) is 6.63. The van der Waals surface area contributed by atoms with E-state index < -0.39 is 80.7 Å². The van der Waals surface area contributed by atoms with Crippen molar-refractivity contribution in [3.05, 3.63) is 36.5 Å². The van der Waals surface area contributed by atoms with Gasteiger partial charge in [-0.3, -0.25) is 4.79 Å². The van der Waals surface area contributed by atoms with Gasteiger partial charge in [0.25, 0.3) is 0 Å². The molecule has 0 amide bonds. The van der Waals surface area contributed by atoms with E-state index in [0.717, 1.165) is 64.2 Å². The van der Waals surface area contributed by atoms with E-state index >= 15 is 0 Å². The molecule has 14 heteroatoms. The molecule has 0 radical (unpaired) electrons. The van der Waals surface area contributed by atoms with Crippen molar-refractivity contribution >= 4 is 5.97 Å². The highest BCUT2D eigenvalue weighted by atomic mass is 16.7. The van der Waals surface area contributed by atoms with Gasteiger partial charge in [-0.05, 0) is 44.9 Å². The maximum absolute atomic E-state index is 12.9. The van der Waals surface area contributed by atoms with E-state index in [1.165, 1.54) is 77.0 Å². The Morgan fingerprint density at radius 3 is 1.62 bits per heavy atom. The smallest absolute Gasteiger partial charge is 0.306 e. The number of allylic oxidation sites excluding steroid dienone is 6. The maximum atomic E-state index is 12.9. The maximum Gasteiger partial charge on any atom is 0.306 e. The zero-order valence-electron chi connectivity index (χ0n) is 38.8. The highest BCUT2D eigenvalue weighted by Crippen LogP contribution is 2.26. The van der Waals surface area contributed by atoms with Crippen LogP contribution in [0.1, 0.15) is 168 Å². The molecule has 0 aromatic carbocycles. The Hall–Kier alpha value is -1.79. The van der Waals surface area contributed by atoms with Crippen LogP contribution in [0.3, 0.4) is 0 Å². The molecule has 0 saturated carbocycles. The van der Waals surface area contributed by atoms with Crippen molar-refractivity contribution in [2.45, 2.75) is 235 Å². The van der Waals surface area contributed by atoms with Crippen LogP contribution >= 0.6 is 0 Å². The highest BCUT2D eigenvalue weighted by molar-refractivity contribution is 5.69. The lowest BCUT2D eigenvalue weighted by atomic mass is 9.98. The van der Waals surface area contributed by atoms with Gasteiger partial charge in [-0.1, -0.05) is 153 Å². The standard InChI is InChI=1S/C49H88O14/c1-3-5-7-9-11-13-15-16-17-18-19-20-21-23-25-27-29-31-33-58-35-38(61-41(51)32-30-28-26-24-22-14-12-10-8-6-4-2)36-59-48-47(57)45(55)43(53)40(63-48)37-60-49-46(56)44(54)42(52)39(34-50)62-49/h5,7,11,13,16-17,38-40,42-50,52-57H,3-4,6,8-10,12,14-15,18-37H2,1-2H3/b7-5-,13-11-,17-16-. The van der Waals surface area contributed by atoms with Crippen LogP contribution in [-0.2, 0) is 33.2 Å². The van der Waals surface area contributed by atoms with Crippen LogP contribution in [-0.4, -0.2) is 142 Å². The Morgan fingerprint density at radius 2 is 1.03 bits per heavy atom. The molecule has 2 heterocycles. The molecule has 2 fully saturated rings. The third-order valence-electron chi connectivity index (χ3n) is 11.7. The molecule has 0 spiro atoms. The van der Waals surface area contributed by atoms with Crippen molar-refractivity contribution in [2.75, 3.05) is 33.0 Å². The summed E-state index contributed by atoms with van der Waals surface area (Å²) in [5, 5.41) is 72.0. The summed E-state index contributed by atoms with van der Waals surface area (Å²) in [4.78, 5) is 12.9. The molecule has 63 heavy (non-hydrogen) atoms. The molecule has 0 aromatic heterocycles. The van der Waals surface area contributed by atoms with E-state index in [9.17, 15) is 40.5 Å². The summed E-state index contributed by atoms with van der Waals surface area (Å²) >= 11 is 0. The lowest BCUT2D eigenvalue weighted by Crippen LogP contribution is -2.61. The van der Waals surface area contributed by atoms with Crippen LogP contribution in [0.5, 0.6) is 0 Å². The van der Waals surface area contributed by atoms with Crippen LogP contribution in [0.25, 0.3) is 0 Å². The summed E-state index contributed by atoms with van der Waals surface area (Å²) in [6, 6.07) is 0. The van der Waals surface area contributed by atoms with Crippen LogP contribution in [0.4, 0.5) is 0 Å². The quantitative estimate of drug-likeness (QED) is 0.0197. The number of rotatable bonds is 38. The van der Waals surface area contributed by atoms with E-state index in [2.05, 4.69) is 50.3 Å². The Morgan fingerprint density at radius 1 is 0.540 bits per heavy atom. The number of carbonyl (C=O) groups excluding carboxylic acids is 1. The van der Waals surface area contributed by atoms with Gasteiger partial charge in [0.1, 0.15) is 54.9 Å². The van der Waals surface area contributed by atoms with Gasteiger partial charge in [-0.25, -0.2) is 0 Å². The van der Waals surface area contributed by atoms with Crippen molar-refractivity contribution in [3.8, 4) is 0 Å². The van der Waals surface area contributed by atoms with Crippen LogP contribution in [0, 0.1) is 0 Å². The summed E-state index contributed by atoms with van der Waals surface area (Å²) in [5.74, 6) is -0.381. The number of ether oxygens (including phenoxy) is 6. The van der Waals surface area contributed by atoms with E-state index in [0.29, 0.717) is 13.0 Å². The average molecular weight is 901 g/mol. The topological polar surface area (TPSA) is 214 Å². The van der Waals surface area contributed by atoms with Crippen molar-refractivity contribution in [1.82, 2.24) is 0 Å². The first-order valence-corrected chi connectivity index (χ1v) is 24.6. The average Bonchev–Trinajstić information content (AvgIpc) is 3.28. The first kappa shape index (κ1) is 57.3. The SMILES string of the molecule is CC/C=C\C/C=C\C/C=C\CCCCCCCCCCOCC(COC1OC(COC2OC(CO)C(O)C(O)C2O)C(O)C(O)C1O)OC(=O)CCCCCCCCCCCCC. The number of esters is 1. The highest BCUT2D eigenvalue weighted by Gasteiger charge is 2.47. The summed E-state index contributed by atoms with van der Waals surface area (Å²) in [6.07, 6.45) is 23.5. The third-order valence-corrected chi connectivity index (χ3v) is 11.7. The number of aliphatic hydroxyl groups excluding tert-OH is 7. The zero-order chi connectivity index (χ0) is 45.9. The normalized spacial score (nSPS) is 27.3. The minimum atomic E-state index is -1.71. The largest absolute Gasteiger partial charge is 0.457 e. The lowest BCUT2D eigenvalue weighted by molar-refractivity contribution is -0.332. The number of aliphatic hydroxyl groups is 7. The van der Waals surface area contributed by atoms with Gasteiger partial charge < -0.3 is 64.2 Å². The van der Waals surface area contributed by atoms with Gasteiger partial charge in [0.15, 0.2) is 12.6 Å². The first-order chi connectivity index (χ1) is 30.6. The summed E-state index contributed by atoms with van der Waals surface area (Å²) in [5.41, 5.74) is 0. The molecule has 2 saturated heterocycles. The van der Waals surface area contributed by atoms with E-state index in [1.54, 1.807) is 0 Å². The fraction of sp³-hybridized carbons (Fsp3) is 0.857. The number of hydrogen-bond acceptors (Lipinski definition) is 14. The van der Waals surface area contributed by atoms with E-state index in [4.69, 9.17) is 28.4 Å². The molecule has 2 aliphatic heterocycles. The lowest BCUT2D eigenvalue weighted by Gasteiger charge is -2.42. The second-order valence-corrected chi connectivity index (χ2v) is 17.3. The van der Waals surface area contributed by atoms with Gasteiger partial charge in [0.05, 0.1) is 26.4 Å². The molecule has 11 atom stereocenters. The first-order valence-electron chi connectivity index (χ1n) is 24.6. The van der Waals surface area contributed by atoms with Crippen molar-refractivity contribution in [1.29, 1.82) is 0 Å². The molecule has 11 unspecified atom stereocenters. The number of unbranched alkanes of at least 4 members (excludes halogenated alkanes) is 18. The van der Waals surface area contributed by atoms with Crippen molar-refractivity contribution < 1.29 is 69.0 Å². The Balaban J connectivity index is 1.77. The van der Waals surface area contributed by atoms with Crippen molar-refractivity contribution in [3.63, 3.8) is 0 Å². The molecule has 0 bridgehead atoms. The van der Waals surface area contributed by atoms with Crippen LogP contribution < -0.4 is 0 Å². The van der Waals surface area contributed by atoms with Crippen LogP contribution in [0.15, 0.2) is 36.5 Å². The molecule has 14 nitrogen and oxygen atoms in total. The van der Waals surface area contributed by atoms with Gasteiger partial charge >= 0.3 is 5.97 Å². The molecule has 2 aliphatic rings. The zero-order valence-corrected chi connectivity index (χ0v) is 38.8. The van der Waals surface area contributed by atoms with E-state index in [-0.39, 0.29) is 25.6 Å². The summed E-state index contributed by atoms with van der Waals surface area (Å²) < 4.78 is 34.2. The third kappa shape index (κ3) is 25.6. The summed E-state index contributed by atoms with van der Waals surface area (Å²) in [7, 11) is 0. The fourth-order valence-electron chi connectivity index (χ4n) is 7.65. The van der Waals surface area contributed by atoms with Gasteiger partial charge in [0, 0.05) is 13.0 Å². The number of carbonyl (C=O) groups is 1. The minimum absolute atomic E-state index is 0.0582. The number of hydrogen-bond donors (Lipinski definition) is 7. The van der Waals surface area contributed by atoms with Gasteiger partial charge in [-0.15, -0.1) is 0 Å². The molecule has 2 rings (SSSR count). The van der Waals surface area contributed by atoms with E-state index in [1.807, 2.05) is 0 Å². The van der Waals surface area contributed by atoms with Crippen molar-refractivity contribution in [2.24, 2.45) is 0 Å². The van der Waals surface area contributed by atoms with Gasteiger partial charge in [-0.2, -0.15) is 0 Å². The molecular formula is C49H88O14. The Bertz CT molecular complexity index is 1180. The molecule has 0 aliphatic carbocycles. The second-order valence-electron chi connectivity index (χ2n) is 17.3. The fourth-order valence-corrected chi connectivity index (χ4v) is 7.65. The Kier molecular flexibility index (Phi) is 34.0.